The van der Waals surface area contributed by atoms with Crippen LogP contribution in [-0.2, 0) is 14.8 Å². The summed E-state index contributed by atoms with van der Waals surface area (Å²) in [4.78, 5) is 13.0. The van der Waals surface area contributed by atoms with Gasteiger partial charge < -0.3 is 4.74 Å². The predicted octanol–water partition coefficient (Wildman–Crippen LogP) is 5.17. The third-order valence-electron chi connectivity index (χ3n) is 4.81. The molecule has 0 saturated heterocycles. The number of hydrogen-bond donors (Lipinski definition) is 0. The largest absolute Gasteiger partial charge is 0.443 e. The van der Waals surface area contributed by atoms with E-state index in [9.17, 15) is 17.6 Å². The van der Waals surface area contributed by atoms with Crippen LogP contribution in [0.4, 0.5) is 9.18 Å². The first kappa shape index (κ1) is 22.0. The standard InChI is InChI=1S/C23H26FNO4S/c1-16-5-13-21(14-6-16)30(27,28)25(22(26)29-23(2,3)4)20-12-9-18(15-20)17-7-10-19(24)11-8-17/h5-14,18,20H,15H2,1-4H3/t18-,20-/m0/s1. The Hall–Kier alpha value is -2.67. The predicted molar refractivity (Wildman–Crippen MR) is 113 cm³/mol. The van der Waals surface area contributed by atoms with Gasteiger partial charge >= 0.3 is 6.09 Å². The quantitative estimate of drug-likeness (QED) is 0.627. The fourth-order valence-corrected chi connectivity index (χ4v) is 4.81. The van der Waals surface area contributed by atoms with Crippen molar-refractivity contribution in [3.05, 3.63) is 77.6 Å². The van der Waals surface area contributed by atoms with Crippen LogP contribution in [-0.4, -0.2) is 30.5 Å². The van der Waals surface area contributed by atoms with E-state index in [1.165, 1.54) is 24.3 Å². The Balaban J connectivity index is 1.94. The second-order valence-electron chi connectivity index (χ2n) is 8.44. The third kappa shape index (κ3) is 4.90. The fourth-order valence-electron chi connectivity index (χ4n) is 3.35. The molecule has 0 N–H and O–H groups in total. The zero-order valence-corrected chi connectivity index (χ0v) is 18.3. The Bertz CT molecular complexity index is 1040. The minimum absolute atomic E-state index is 0.0255. The molecule has 2 aromatic carbocycles. The second kappa shape index (κ2) is 8.22. The molecule has 1 amide bonds. The molecule has 7 heteroatoms. The molecule has 2 aromatic rings. The van der Waals surface area contributed by atoms with Gasteiger partial charge in [0, 0.05) is 5.92 Å². The SMILES string of the molecule is Cc1ccc(S(=O)(=O)N(C(=O)OC(C)(C)C)[C@H]2C=C[C@H](c3ccc(F)cc3)C2)cc1. The van der Waals surface area contributed by atoms with Gasteiger partial charge in [-0.05, 0) is 63.9 Å². The van der Waals surface area contributed by atoms with Crippen LogP contribution in [0.5, 0.6) is 0 Å². The molecule has 30 heavy (non-hydrogen) atoms. The number of nitrogens with zero attached hydrogens (tertiary/aromatic N) is 1. The van der Waals surface area contributed by atoms with Crippen LogP contribution in [0.2, 0.25) is 0 Å². The zero-order chi connectivity index (χ0) is 22.1. The Morgan fingerprint density at radius 1 is 1.03 bits per heavy atom. The second-order valence-corrected chi connectivity index (χ2v) is 10.3. The van der Waals surface area contributed by atoms with Crippen LogP contribution in [0.3, 0.4) is 0 Å². The van der Waals surface area contributed by atoms with E-state index >= 15 is 0 Å². The number of hydrogen-bond acceptors (Lipinski definition) is 4. The Morgan fingerprint density at radius 2 is 1.63 bits per heavy atom. The molecule has 0 aromatic heterocycles. The van der Waals surface area contributed by atoms with Gasteiger partial charge in [0.1, 0.15) is 11.4 Å². The monoisotopic (exact) mass is 431 g/mol. The number of carbonyl (C=O) groups is 1. The van der Waals surface area contributed by atoms with Crippen molar-refractivity contribution in [3.8, 4) is 0 Å². The van der Waals surface area contributed by atoms with E-state index in [1.54, 1.807) is 51.1 Å². The summed E-state index contributed by atoms with van der Waals surface area (Å²) < 4.78 is 46.3. The summed E-state index contributed by atoms with van der Waals surface area (Å²) in [7, 11) is -4.14. The zero-order valence-electron chi connectivity index (χ0n) is 17.5. The number of amides is 1. The highest BCUT2D eigenvalue weighted by molar-refractivity contribution is 7.89. The third-order valence-corrected chi connectivity index (χ3v) is 6.62. The highest BCUT2D eigenvalue weighted by Gasteiger charge is 2.40. The number of rotatable bonds is 4. The van der Waals surface area contributed by atoms with E-state index in [4.69, 9.17) is 4.74 Å². The number of aryl methyl sites for hydroxylation is 1. The molecule has 0 radical (unpaired) electrons. The van der Waals surface area contributed by atoms with Crippen molar-refractivity contribution in [3.63, 3.8) is 0 Å². The number of halogens is 1. The van der Waals surface area contributed by atoms with Gasteiger partial charge in [-0.15, -0.1) is 0 Å². The van der Waals surface area contributed by atoms with E-state index in [0.29, 0.717) is 6.42 Å². The van der Waals surface area contributed by atoms with Gasteiger partial charge in [-0.25, -0.2) is 17.6 Å². The maximum Gasteiger partial charge on any atom is 0.424 e. The van der Waals surface area contributed by atoms with Crippen LogP contribution in [0.1, 0.15) is 44.2 Å². The van der Waals surface area contributed by atoms with Gasteiger partial charge in [-0.2, -0.15) is 4.31 Å². The molecular formula is C23H26FNO4S. The summed E-state index contributed by atoms with van der Waals surface area (Å²) >= 11 is 0. The Kier molecular flexibility index (Phi) is 6.04. The summed E-state index contributed by atoms with van der Waals surface area (Å²) in [6.45, 7) is 6.92. The summed E-state index contributed by atoms with van der Waals surface area (Å²) in [5, 5.41) is 0. The molecule has 0 bridgehead atoms. The molecule has 2 atom stereocenters. The van der Waals surface area contributed by atoms with Gasteiger partial charge in [0.2, 0.25) is 0 Å². The maximum atomic E-state index is 13.4. The molecule has 3 rings (SSSR count). The molecular weight excluding hydrogens is 405 g/mol. The highest BCUT2D eigenvalue weighted by Crippen LogP contribution is 2.34. The molecule has 160 valence electrons. The first-order chi connectivity index (χ1) is 14.0. The van der Waals surface area contributed by atoms with E-state index < -0.39 is 27.8 Å². The number of allylic oxidation sites excluding steroid dienone is 1. The molecule has 0 aliphatic heterocycles. The molecule has 5 nitrogen and oxygen atoms in total. The number of ether oxygens (including phenoxy) is 1. The summed E-state index contributed by atoms with van der Waals surface area (Å²) in [5.74, 6) is -0.469. The molecule has 0 spiro atoms. The first-order valence-electron chi connectivity index (χ1n) is 9.75. The highest BCUT2D eigenvalue weighted by atomic mass is 32.2. The normalized spacial score (nSPS) is 19.0. The average Bonchev–Trinajstić information content (AvgIpc) is 3.10. The minimum Gasteiger partial charge on any atom is -0.443 e. The average molecular weight is 432 g/mol. The lowest BCUT2D eigenvalue weighted by molar-refractivity contribution is 0.0360. The van der Waals surface area contributed by atoms with Gasteiger partial charge in [0.05, 0.1) is 10.9 Å². The van der Waals surface area contributed by atoms with Gasteiger partial charge in [0.25, 0.3) is 10.0 Å². The van der Waals surface area contributed by atoms with Crippen molar-refractivity contribution in [1.29, 1.82) is 0 Å². The van der Waals surface area contributed by atoms with Gasteiger partial charge in [-0.3, -0.25) is 0 Å². The van der Waals surface area contributed by atoms with Crippen LogP contribution in [0, 0.1) is 12.7 Å². The Morgan fingerprint density at radius 3 is 2.20 bits per heavy atom. The molecule has 0 saturated carbocycles. The van der Waals surface area contributed by atoms with E-state index in [2.05, 4.69) is 0 Å². The smallest absolute Gasteiger partial charge is 0.424 e. The van der Waals surface area contributed by atoms with Crippen LogP contribution in [0.15, 0.2) is 65.6 Å². The molecule has 0 heterocycles. The summed E-state index contributed by atoms with van der Waals surface area (Å²) in [6, 6.07) is 11.7. The van der Waals surface area contributed by atoms with Crippen molar-refractivity contribution in [2.24, 2.45) is 0 Å². The van der Waals surface area contributed by atoms with E-state index in [-0.39, 0.29) is 16.6 Å². The van der Waals surface area contributed by atoms with Crippen LogP contribution in [0.25, 0.3) is 0 Å². The van der Waals surface area contributed by atoms with E-state index in [0.717, 1.165) is 15.4 Å². The molecule has 1 aliphatic rings. The lowest BCUT2D eigenvalue weighted by atomic mass is 9.98. The van der Waals surface area contributed by atoms with Gasteiger partial charge in [0.15, 0.2) is 0 Å². The lowest BCUT2D eigenvalue weighted by Gasteiger charge is -2.30. The van der Waals surface area contributed by atoms with E-state index in [1.807, 2.05) is 13.0 Å². The maximum absolute atomic E-state index is 13.4. The first-order valence-corrected chi connectivity index (χ1v) is 11.2. The number of carbonyl (C=O) groups excluding carboxylic acids is 1. The van der Waals surface area contributed by atoms with Gasteiger partial charge in [-0.1, -0.05) is 42.0 Å². The lowest BCUT2D eigenvalue weighted by Crippen LogP contribution is -2.45. The topological polar surface area (TPSA) is 63.7 Å². The van der Waals surface area contributed by atoms with Crippen molar-refractivity contribution < 1.29 is 22.3 Å². The van der Waals surface area contributed by atoms with Crippen molar-refractivity contribution >= 4 is 16.1 Å². The molecule has 1 aliphatic carbocycles. The Labute approximate surface area is 177 Å². The summed E-state index contributed by atoms with van der Waals surface area (Å²) in [6.07, 6.45) is 2.98. The minimum atomic E-state index is -4.14. The number of benzene rings is 2. The summed E-state index contributed by atoms with van der Waals surface area (Å²) in [5.41, 5.74) is 0.915. The van der Waals surface area contributed by atoms with Crippen LogP contribution < -0.4 is 0 Å². The van der Waals surface area contributed by atoms with Crippen molar-refractivity contribution in [1.82, 2.24) is 4.31 Å². The fraction of sp³-hybridized carbons (Fsp3) is 0.348. The van der Waals surface area contributed by atoms with Crippen LogP contribution >= 0.6 is 0 Å². The number of sulfonamides is 1. The molecule has 0 unspecified atom stereocenters. The molecule has 0 fully saturated rings. The van der Waals surface area contributed by atoms with Crippen molar-refractivity contribution in [2.45, 2.75) is 56.6 Å². The van der Waals surface area contributed by atoms with Crippen molar-refractivity contribution in [2.75, 3.05) is 0 Å².